The van der Waals surface area contributed by atoms with Gasteiger partial charge in [-0.05, 0) is 37.1 Å². The third-order valence-corrected chi connectivity index (χ3v) is 4.42. The number of benzene rings is 1. The summed E-state index contributed by atoms with van der Waals surface area (Å²) in [7, 11) is 0. The molecule has 0 aromatic heterocycles. The number of ether oxygens (including phenoxy) is 3. The summed E-state index contributed by atoms with van der Waals surface area (Å²) in [5, 5.41) is 10.9. The van der Waals surface area contributed by atoms with Crippen molar-refractivity contribution in [1.82, 2.24) is 4.90 Å². The summed E-state index contributed by atoms with van der Waals surface area (Å²) in [5.41, 5.74) is -1.07. The number of β-amino-alcohol motifs (C(OH)–C–C–N with tert-alkyl or cyclic N) is 1. The van der Waals surface area contributed by atoms with Crippen LogP contribution in [0.3, 0.4) is 0 Å². The third-order valence-electron chi connectivity index (χ3n) is 4.42. The molecule has 5 nitrogen and oxygen atoms in total. The van der Waals surface area contributed by atoms with Crippen LogP contribution in [0.4, 0.5) is 4.39 Å². The lowest BCUT2D eigenvalue weighted by Crippen LogP contribution is -2.52. The van der Waals surface area contributed by atoms with Gasteiger partial charge in [-0.1, -0.05) is 0 Å². The summed E-state index contributed by atoms with van der Waals surface area (Å²) in [6.45, 7) is 3.84. The summed E-state index contributed by atoms with van der Waals surface area (Å²) in [6, 6.07) is 6.23. The number of hydrogen-bond donors (Lipinski definition) is 1. The molecule has 6 heteroatoms. The molecule has 1 unspecified atom stereocenters. The zero-order valence-corrected chi connectivity index (χ0v) is 13.2. The molecule has 2 heterocycles. The highest BCUT2D eigenvalue weighted by atomic mass is 19.1. The van der Waals surface area contributed by atoms with Crippen LogP contribution in [0, 0.1) is 5.82 Å². The van der Waals surface area contributed by atoms with Crippen molar-refractivity contribution in [3.05, 3.63) is 30.1 Å². The van der Waals surface area contributed by atoms with Crippen molar-refractivity contribution in [2.24, 2.45) is 0 Å². The monoisotopic (exact) mass is 325 g/mol. The Morgan fingerprint density at radius 1 is 1.17 bits per heavy atom. The first-order valence-electron chi connectivity index (χ1n) is 8.15. The smallest absolute Gasteiger partial charge is 0.134 e. The standard InChI is InChI=1S/C17H24FNO4/c18-14-1-3-16(4-2-14)23-13-17(20)11-19(7-10-22-12-17)15-5-8-21-9-6-15/h1-4,15,20H,5-13H2. The van der Waals surface area contributed by atoms with Gasteiger partial charge in [-0.15, -0.1) is 0 Å². The zero-order valence-electron chi connectivity index (χ0n) is 13.2. The fraction of sp³-hybridized carbons (Fsp3) is 0.647. The summed E-state index contributed by atoms with van der Waals surface area (Å²) < 4.78 is 29.6. The first-order valence-corrected chi connectivity index (χ1v) is 8.15. The van der Waals surface area contributed by atoms with E-state index in [1.807, 2.05) is 0 Å². The summed E-state index contributed by atoms with van der Waals surface area (Å²) in [5.74, 6) is 0.237. The lowest BCUT2D eigenvalue weighted by Gasteiger charge is -2.37. The molecule has 23 heavy (non-hydrogen) atoms. The maximum atomic E-state index is 12.9. The Balaban J connectivity index is 1.60. The predicted octanol–water partition coefficient (Wildman–Crippen LogP) is 1.45. The van der Waals surface area contributed by atoms with E-state index in [0.717, 1.165) is 32.6 Å². The van der Waals surface area contributed by atoms with Crippen molar-refractivity contribution in [3.8, 4) is 5.75 Å². The Kier molecular flexibility index (Phi) is 5.48. The number of hydrogen-bond acceptors (Lipinski definition) is 5. The zero-order chi connectivity index (χ0) is 16.1. The number of aliphatic hydroxyl groups is 1. The molecular formula is C17H24FNO4. The molecule has 0 bridgehead atoms. The second-order valence-corrected chi connectivity index (χ2v) is 6.33. The predicted molar refractivity (Wildman–Crippen MR) is 83.1 cm³/mol. The molecule has 1 N–H and O–H groups in total. The fourth-order valence-corrected chi connectivity index (χ4v) is 3.14. The lowest BCUT2D eigenvalue weighted by atomic mass is 10.0. The summed E-state index contributed by atoms with van der Waals surface area (Å²) in [4.78, 5) is 2.28. The average Bonchev–Trinajstić information content (AvgIpc) is 2.78. The first-order chi connectivity index (χ1) is 11.1. The lowest BCUT2D eigenvalue weighted by molar-refractivity contribution is -0.0714. The average molecular weight is 325 g/mol. The van der Waals surface area contributed by atoms with E-state index in [2.05, 4.69) is 4.90 Å². The van der Waals surface area contributed by atoms with E-state index in [0.29, 0.717) is 24.9 Å². The van der Waals surface area contributed by atoms with Crippen LogP contribution in [-0.4, -0.2) is 67.8 Å². The molecule has 2 aliphatic rings. The Bertz CT molecular complexity index is 492. The van der Waals surface area contributed by atoms with Crippen LogP contribution in [0.1, 0.15) is 12.8 Å². The van der Waals surface area contributed by atoms with Crippen LogP contribution in [0.5, 0.6) is 5.75 Å². The number of rotatable bonds is 4. The highest BCUT2D eigenvalue weighted by Crippen LogP contribution is 2.21. The van der Waals surface area contributed by atoms with Crippen LogP contribution in [0.2, 0.25) is 0 Å². The largest absolute Gasteiger partial charge is 0.490 e. The molecular weight excluding hydrogens is 301 g/mol. The van der Waals surface area contributed by atoms with Crippen molar-refractivity contribution >= 4 is 0 Å². The summed E-state index contributed by atoms with van der Waals surface area (Å²) in [6.07, 6.45) is 1.96. The SMILES string of the molecule is OC1(COc2ccc(F)cc2)COCCN(C2CCOCC2)C1. The van der Waals surface area contributed by atoms with Crippen molar-refractivity contribution in [2.75, 3.05) is 46.1 Å². The van der Waals surface area contributed by atoms with E-state index < -0.39 is 5.60 Å². The molecule has 2 fully saturated rings. The molecule has 0 amide bonds. The van der Waals surface area contributed by atoms with Gasteiger partial charge >= 0.3 is 0 Å². The minimum Gasteiger partial charge on any atom is -0.490 e. The van der Waals surface area contributed by atoms with Gasteiger partial charge in [-0.3, -0.25) is 4.90 Å². The molecule has 1 aromatic carbocycles. The topological polar surface area (TPSA) is 51.2 Å². The van der Waals surface area contributed by atoms with Gasteiger partial charge in [0, 0.05) is 32.3 Å². The maximum absolute atomic E-state index is 12.9. The van der Waals surface area contributed by atoms with Gasteiger partial charge in [0.2, 0.25) is 0 Å². The van der Waals surface area contributed by atoms with Crippen LogP contribution < -0.4 is 4.74 Å². The Morgan fingerprint density at radius 3 is 2.65 bits per heavy atom. The Morgan fingerprint density at radius 2 is 1.91 bits per heavy atom. The van der Waals surface area contributed by atoms with E-state index >= 15 is 0 Å². The van der Waals surface area contributed by atoms with Gasteiger partial charge in [0.1, 0.15) is 23.8 Å². The highest BCUT2D eigenvalue weighted by Gasteiger charge is 2.36. The van der Waals surface area contributed by atoms with Gasteiger partial charge in [-0.2, -0.15) is 0 Å². The quantitative estimate of drug-likeness (QED) is 0.908. The molecule has 0 saturated carbocycles. The van der Waals surface area contributed by atoms with Gasteiger partial charge in [0.05, 0.1) is 13.2 Å². The highest BCUT2D eigenvalue weighted by molar-refractivity contribution is 5.22. The van der Waals surface area contributed by atoms with E-state index in [1.165, 1.54) is 12.1 Å². The molecule has 128 valence electrons. The van der Waals surface area contributed by atoms with Crippen molar-refractivity contribution in [1.29, 1.82) is 0 Å². The fourth-order valence-electron chi connectivity index (χ4n) is 3.14. The molecule has 1 atom stereocenters. The first kappa shape index (κ1) is 16.6. The molecule has 1 aromatic rings. The van der Waals surface area contributed by atoms with Gasteiger partial charge in [0.25, 0.3) is 0 Å². The van der Waals surface area contributed by atoms with Crippen LogP contribution in [-0.2, 0) is 9.47 Å². The number of nitrogens with zero attached hydrogens (tertiary/aromatic N) is 1. The second-order valence-electron chi connectivity index (χ2n) is 6.33. The van der Waals surface area contributed by atoms with Crippen LogP contribution in [0.25, 0.3) is 0 Å². The minimum absolute atomic E-state index is 0.123. The molecule has 2 aliphatic heterocycles. The molecule has 0 spiro atoms. The van der Waals surface area contributed by atoms with E-state index in [4.69, 9.17) is 14.2 Å². The second kappa shape index (κ2) is 7.57. The van der Waals surface area contributed by atoms with Crippen molar-refractivity contribution in [2.45, 2.75) is 24.5 Å². The third kappa shape index (κ3) is 4.64. The van der Waals surface area contributed by atoms with Crippen molar-refractivity contribution < 1.29 is 23.7 Å². The van der Waals surface area contributed by atoms with E-state index in [1.54, 1.807) is 12.1 Å². The summed E-state index contributed by atoms with van der Waals surface area (Å²) >= 11 is 0. The normalized spacial score (nSPS) is 27.6. The van der Waals surface area contributed by atoms with Gasteiger partial charge < -0.3 is 19.3 Å². The minimum atomic E-state index is -1.07. The molecule has 0 aliphatic carbocycles. The Hall–Kier alpha value is -1.21. The van der Waals surface area contributed by atoms with Gasteiger partial charge in [-0.25, -0.2) is 4.39 Å². The van der Waals surface area contributed by atoms with Crippen LogP contribution >= 0.6 is 0 Å². The van der Waals surface area contributed by atoms with Gasteiger partial charge in [0.15, 0.2) is 0 Å². The molecule has 2 saturated heterocycles. The number of halogens is 1. The van der Waals surface area contributed by atoms with Crippen LogP contribution in [0.15, 0.2) is 24.3 Å². The van der Waals surface area contributed by atoms with E-state index in [-0.39, 0.29) is 19.0 Å². The van der Waals surface area contributed by atoms with Crippen molar-refractivity contribution in [3.63, 3.8) is 0 Å². The Labute approximate surface area is 135 Å². The molecule has 0 radical (unpaired) electrons. The maximum Gasteiger partial charge on any atom is 0.134 e. The van der Waals surface area contributed by atoms with E-state index in [9.17, 15) is 9.50 Å². The molecule has 3 rings (SSSR count).